The Hall–Kier alpha value is -0.970. The van der Waals surface area contributed by atoms with Gasteiger partial charge < -0.3 is 9.88 Å². The molecule has 0 aliphatic carbocycles. The summed E-state index contributed by atoms with van der Waals surface area (Å²) in [6, 6.07) is 8.79. The maximum atomic E-state index is 5.37. The molecule has 0 bridgehead atoms. The summed E-state index contributed by atoms with van der Waals surface area (Å²) < 4.78 is 0. The molecule has 2 heterocycles. The van der Waals surface area contributed by atoms with Crippen LogP contribution in [0.4, 0.5) is 5.69 Å². The molecule has 3 nitrogen and oxygen atoms in total. The Morgan fingerprint density at radius 1 is 1.16 bits per heavy atom. The molecule has 1 aliphatic rings. The molecule has 2 aromatic rings. The first-order chi connectivity index (χ1) is 11.6. The van der Waals surface area contributed by atoms with Crippen molar-refractivity contribution in [3.63, 3.8) is 0 Å². The number of halogens is 3. The maximum Gasteiger partial charge on any atom is 0.165 e. The lowest BCUT2D eigenvalue weighted by Gasteiger charge is -2.28. The molecule has 1 aliphatic heterocycles. The van der Waals surface area contributed by atoms with Crippen LogP contribution >= 0.6 is 40.2 Å². The van der Waals surface area contributed by atoms with Gasteiger partial charge in [-0.1, -0.05) is 73.2 Å². The number of H-pyrrole nitrogens is 1. The van der Waals surface area contributed by atoms with Crippen molar-refractivity contribution in [1.82, 2.24) is 9.97 Å². The highest BCUT2D eigenvalue weighted by Crippen LogP contribution is 2.28. The second-order valence-corrected chi connectivity index (χ2v) is 6.78. The zero-order valence-corrected chi connectivity index (χ0v) is 18.0. The average molecular weight is 447 g/mol. The predicted molar refractivity (Wildman–Crippen MR) is 114 cm³/mol. The number of fused-ring (bicyclic) bond motifs is 1. The van der Waals surface area contributed by atoms with E-state index in [1.165, 1.54) is 48.8 Å². The summed E-state index contributed by atoms with van der Waals surface area (Å²) in [4.78, 5) is 8.62. The normalized spacial score (nSPS) is 12.5. The van der Waals surface area contributed by atoms with Gasteiger partial charge in [0.15, 0.2) is 5.15 Å². The lowest BCUT2D eigenvalue weighted by atomic mass is 10.0. The van der Waals surface area contributed by atoms with Crippen molar-refractivity contribution in [2.45, 2.75) is 46.0 Å². The number of aromatic amines is 1. The highest BCUT2D eigenvalue weighted by molar-refractivity contribution is 8.93. The van der Waals surface area contributed by atoms with Gasteiger partial charge in [0.2, 0.25) is 0 Å². The average Bonchev–Trinajstić information content (AvgIpc) is 2.95. The van der Waals surface area contributed by atoms with Gasteiger partial charge in [-0.15, -0.1) is 17.0 Å². The van der Waals surface area contributed by atoms with Gasteiger partial charge in [0.05, 0.1) is 6.33 Å². The molecule has 0 unspecified atom stereocenters. The van der Waals surface area contributed by atoms with Crippen molar-refractivity contribution in [2.75, 3.05) is 11.4 Å². The van der Waals surface area contributed by atoms with Gasteiger partial charge in [0.25, 0.3) is 0 Å². The van der Waals surface area contributed by atoms with Gasteiger partial charge in [-0.25, -0.2) is 4.98 Å². The number of para-hydroxylation sites is 1. The predicted octanol–water partition coefficient (Wildman–Crippen LogP) is 6.83. The molecule has 0 spiro atoms. The van der Waals surface area contributed by atoms with Gasteiger partial charge in [0, 0.05) is 18.4 Å². The Balaban J connectivity index is 0.000000330. The van der Waals surface area contributed by atoms with E-state index in [0.29, 0.717) is 10.3 Å². The van der Waals surface area contributed by atoms with Crippen molar-refractivity contribution < 1.29 is 0 Å². The third-order valence-electron chi connectivity index (χ3n) is 3.95. The summed E-state index contributed by atoms with van der Waals surface area (Å²) >= 11 is 10.7. The summed E-state index contributed by atoms with van der Waals surface area (Å²) in [5, 5.41) is 0.711. The lowest BCUT2D eigenvalue weighted by Crippen LogP contribution is -2.22. The van der Waals surface area contributed by atoms with E-state index in [2.05, 4.69) is 59.2 Å². The number of imidazole rings is 1. The molecular formula is C19H26BrCl2N3. The molecule has 0 atom stereocenters. The first-order valence-electron chi connectivity index (χ1n) is 8.48. The van der Waals surface area contributed by atoms with Gasteiger partial charge in [-0.2, -0.15) is 0 Å². The smallest absolute Gasteiger partial charge is 0.165 e. The van der Waals surface area contributed by atoms with Crippen molar-refractivity contribution in [1.29, 1.82) is 0 Å². The van der Waals surface area contributed by atoms with Crippen LogP contribution in [0.25, 0.3) is 0 Å². The Morgan fingerprint density at radius 3 is 2.52 bits per heavy atom. The van der Waals surface area contributed by atoms with E-state index in [9.17, 15) is 0 Å². The highest BCUT2D eigenvalue weighted by atomic mass is 79.9. The number of hydrogen-bond donors (Lipinski definition) is 1. The third kappa shape index (κ3) is 7.04. The van der Waals surface area contributed by atoms with Crippen LogP contribution in [0, 0.1) is 0 Å². The molecule has 138 valence electrons. The molecule has 0 fully saturated rings. The van der Waals surface area contributed by atoms with E-state index in [1.807, 2.05) is 0 Å². The molecule has 0 saturated carbocycles. The number of rotatable bonds is 5. The topological polar surface area (TPSA) is 31.9 Å². The number of hydrogen-bond acceptors (Lipinski definition) is 2. The van der Waals surface area contributed by atoms with E-state index in [1.54, 1.807) is 0 Å². The summed E-state index contributed by atoms with van der Waals surface area (Å²) in [7, 11) is 0. The monoisotopic (exact) mass is 445 g/mol. The Kier molecular flexibility index (Phi) is 10.2. The van der Waals surface area contributed by atoms with Crippen LogP contribution in [0.3, 0.4) is 0 Å². The van der Waals surface area contributed by atoms with E-state index >= 15 is 0 Å². The quantitative estimate of drug-likeness (QED) is 0.510. The maximum absolute atomic E-state index is 5.37. The zero-order valence-electron chi connectivity index (χ0n) is 14.8. The third-order valence-corrected chi connectivity index (χ3v) is 4.62. The number of nitrogens with zero attached hydrogens (tertiary/aromatic N) is 2. The minimum absolute atomic E-state index is 0. The van der Waals surface area contributed by atoms with Crippen LogP contribution in [0.1, 0.15) is 45.1 Å². The van der Waals surface area contributed by atoms with Crippen molar-refractivity contribution in [3.05, 3.63) is 58.2 Å². The number of anilines is 1. The van der Waals surface area contributed by atoms with Crippen molar-refractivity contribution in [3.8, 4) is 0 Å². The largest absolute Gasteiger partial charge is 0.348 e. The lowest BCUT2D eigenvalue weighted by molar-refractivity contribution is 0.664. The summed E-state index contributed by atoms with van der Waals surface area (Å²) in [5.74, 6) is 0. The van der Waals surface area contributed by atoms with Crippen molar-refractivity contribution in [2.24, 2.45) is 0 Å². The highest BCUT2D eigenvalue weighted by Gasteiger charge is 2.14. The molecule has 0 saturated heterocycles. The molecule has 0 radical (unpaired) electrons. The van der Waals surface area contributed by atoms with E-state index < -0.39 is 0 Å². The van der Waals surface area contributed by atoms with Gasteiger partial charge in [0.1, 0.15) is 5.15 Å². The zero-order chi connectivity index (χ0) is 17.4. The van der Waals surface area contributed by atoms with Crippen LogP contribution < -0.4 is 4.90 Å². The molecule has 0 amide bonds. The minimum atomic E-state index is 0. The van der Waals surface area contributed by atoms with Gasteiger partial charge in [-0.05, 0) is 31.4 Å². The van der Waals surface area contributed by atoms with Crippen LogP contribution in [0.2, 0.25) is 10.3 Å². The Morgan fingerprint density at radius 2 is 1.92 bits per heavy atom. The van der Waals surface area contributed by atoms with Crippen LogP contribution in [-0.2, 0) is 6.42 Å². The number of nitrogens with one attached hydrogen (secondary N) is 1. The molecule has 6 heteroatoms. The molecule has 25 heavy (non-hydrogen) atoms. The van der Waals surface area contributed by atoms with Crippen LogP contribution in [-0.4, -0.2) is 16.5 Å². The number of benzene rings is 1. The first kappa shape index (κ1) is 22.1. The number of aromatic nitrogens is 2. The van der Waals surface area contributed by atoms with Crippen LogP contribution in [0.5, 0.6) is 0 Å². The number of allylic oxidation sites excluding steroid dienone is 1. The SMILES string of the molecule is Br.CCCCCCN1C=C(C)Cc2ccccc21.Clc1nc[nH]c1Cl. The molecular weight excluding hydrogens is 421 g/mol. The fourth-order valence-corrected chi connectivity index (χ4v) is 2.98. The van der Waals surface area contributed by atoms with E-state index in [0.717, 1.165) is 13.0 Å². The van der Waals surface area contributed by atoms with Gasteiger partial charge in [-0.3, -0.25) is 0 Å². The summed E-state index contributed by atoms with van der Waals surface area (Å²) in [5.41, 5.74) is 4.36. The molecule has 1 aromatic heterocycles. The van der Waals surface area contributed by atoms with Gasteiger partial charge >= 0.3 is 0 Å². The van der Waals surface area contributed by atoms with E-state index in [4.69, 9.17) is 23.2 Å². The standard InChI is InChI=1S/C16H23N.C3H2Cl2N2.BrH/c1-3-4-5-8-11-17-13-14(2)12-15-9-6-7-10-16(15)17;4-2-3(5)7-1-6-2;/h6-7,9-10,13H,3-5,8,11-12H2,1-2H3;1H,(H,6,7);1H. The van der Waals surface area contributed by atoms with Crippen LogP contribution in [0.15, 0.2) is 42.4 Å². The molecule has 3 rings (SSSR count). The first-order valence-corrected chi connectivity index (χ1v) is 9.23. The summed E-state index contributed by atoms with van der Waals surface area (Å²) in [6.07, 6.45) is 10.2. The van der Waals surface area contributed by atoms with Crippen molar-refractivity contribution >= 4 is 45.9 Å². The Labute approximate surface area is 171 Å². The Bertz CT molecular complexity index is 654. The molecule has 1 aromatic carbocycles. The number of unbranched alkanes of at least 4 members (excludes halogenated alkanes) is 3. The fourth-order valence-electron chi connectivity index (χ4n) is 2.78. The summed E-state index contributed by atoms with van der Waals surface area (Å²) in [6.45, 7) is 5.66. The fraction of sp³-hybridized carbons (Fsp3) is 0.421. The second kappa shape index (κ2) is 11.6. The molecule has 1 N–H and O–H groups in total. The van der Waals surface area contributed by atoms with E-state index in [-0.39, 0.29) is 17.0 Å². The second-order valence-electron chi connectivity index (χ2n) is 6.04. The minimum Gasteiger partial charge on any atom is -0.348 e.